The van der Waals surface area contributed by atoms with E-state index in [1.54, 1.807) is 7.11 Å². The summed E-state index contributed by atoms with van der Waals surface area (Å²) in [6.45, 7) is 3.86. The molecule has 0 aliphatic carbocycles. The lowest BCUT2D eigenvalue weighted by Gasteiger charge is -2.11. The summed E-state index contributed by atoms with van der Waals surface area (Å²) in [5.74, 6) is 1.09. The van der Waals surface area contributed by atoms with Crippen LogP contribution in [-0.4, -0.2) is 29.3 Å². The Balaban J connectivity index is 2.33. The van der Waals surface area contributed by atoms with Gasteiger partial charge in [-0.05, 0) is 19.8 Å². The van der Waals surface area contributed by atoms with Gasteiger partial charge in [-0.1, -0.05) is 0 Å². The van der Waals surface area contributed by atoms with Crippen molar-refractivity contribution in [1.82, 2.24) is 9.55 Å². The molecule has 1 aromatic rings. The topological polar surface area (TPSA) is 53.1 Å². The van der Waals surface area contributed by atoms with Crippen molar-refractivity contribution in [2.24, 2.45) is 5.73 Å². The molecule has 1 heterocycles. The van der Waals surface area contributed by atoms with Crippen molar-refractivity contribution in [1.29, 1.82) is 0 Å². The van der Waals surface area contributed by atoms with Crippen molar-refractivity contribution in [2.75, 3.05) is 13.7 Å². The molecule has 0 radical (unpaired) electrons. The minimum absolute atomic E-state index is 0.188. The molecule has 1 unspecified atom stereocenters. The molecule has 4 heteroatoms. The van der Waals surface area contributed by atoms with Crippen LogP contribution in [0.25, 0.3) is 0 Å². The summed E-state index contributed by atoms with van der Waals surface area (Å²) >= 11 is 0. The van der Waals surface area contributed by atoms with E-state index in [0.29, 0.717) is 0 Å². The number of nitrogens with two attached hydrogens (primary N) is 1. The first-order valence-electron chi connectivity index (χ1n) is 5.52. The smallest absolute Gasteiger partial charge is 0.110 e. The molecule has 0 amide bonds. The number of rotatable bonds is 7. The number of ether oxygens (including phenoxy) is 1. The molecule has 1 aromatic heterocycles. The predicted octanol–water partition coefficient (Wildman–Crippen LogP) is 1.20. The summed E-state index contributed by atoms with van der Waals surface area (Å²) in [6.07, 6.45) is 6.69. The Morgan fingerprint density at radius 3 is 3.07 bits per heavy atom. The molecule has 0 aromatic carbocycles. The van der Waals surface area contributed by atoms with Crippen molar-refractivity contribution in [3.8, 4) is 0 Å². The molecule has 0 saturated heterocycles. The van der Waals surface area contributed by atoms with Gasteiger partial charge in [0.2, 0.25) is 0 Å². The first-order valence-corrected chi connectivity index (χ1v) is 5.52. The minimum atomic E-state index is 0.188. The molecule has 86 valence electrons. The van der Waals surface area contributed by atoms with E-state index in [0.717, 1.165) is 38.2 Å². The van der Waals surface area contributed by atoms with E-state index in [9.17, 15) is 0 Å². The highest BCUT2D eigenvalue weighted by Gasteiger charge is 2.07. The number of imidazole rings is 1. The summed E-state index contributed by atoms with van der Waals surface area (Å²) in [5, 5.41) is 0. The van der Waals surface area contributed by atoms with Crippen molar-refractivity contribution in [3.63, 3.8) is 0 Å². The largest absolute Gasteiger partial charge is 0.385 e. The number of methoxy groups -OCH3 is 1. The second-order valence-corrected chi connectivity index (χ2v) is 3.73. The van der Waals surface area contributed by atoms with Crippen LogP contribution in [-0.2, 0) is 17.7 Å². The van der Waals surface area contributed by atoms with Crippen molar-refractivity contribution < 1.29 is 4.74 Å². The number of aromatic nitrogens is 2. The van der Waals surface area contributed by atoms with Crippen LogP contribution >= 0.6 is 0 Å². The lowest BCUT2D eigenvalue weighted by atomic mass is 10.1. The SMILES string of the molecule is CCn1ccnc1CC(N)CCCOC. The Morgan fingerprint density at radius 1 is 1.60 bits per heavy atom. The number of aryl methyl sites for hydroxylation is 1. The van der Waals surface area contributed by atoms with Gasteiger partial charge in [-0.2, -0.15) is 0 Å². The highest BCUT2D eigenvalue weighted by Crippen LogP contribution is 2.04. The van der Waals surface area contributed by atoms with Crippen molar-refractivity contribution >= 4 is 0 Å². The lowest BCUT2D eigenvalue weighted by Crippen LogP contribution is -2.25. The molecule has 2 N–H and O–H groups in total. The summed E-state index contributed by atoms with van der Waals surface area (Å²) in [6, 6.07) is 0.188. The Morgan fingerprint density at radius 2 is 2.40 bits per heavy atom. The zero-order valence-corrected chi connectivity index (χ0v) is 9.65. The molecule has 1 rings (SSSR count). The first kappa shape index (κ1) is 12.2. The van der Waals surface area contributed by atoms with E-state index in [4.69, 9.17) is 10.5 Å². The Kier molecular flexibility index (Phi) is 5.36. The van der Waals surface area contributed by atoms with Gasteiger partial charge in [-0.25, -0.2) is 4.98 Å². The molecule has 1 atom stereocenters. The van der Waals surface area contributed by atoms with Crippen LogP contribution in [0.15, 0.2) is 12.4 Å². The molecule has 0 aliphatic rings. The third-order valence-corrected chi connectivity index (χ3v) is 2.51. The fraction of sp³-hybridized carbons (Fsp3) is 0.727. The highest BCUT2D eigenvalue weighted by atomic mass is 16.5. The maximum absolute atomic E-state index is 6.02. The maximum atomic E-state index is 6.02. The first-order chi connectivity index (χ1) is 7.27. The quantitative estimate of drug-likeness (QED) is 0.689. The van der Waals surface area contributed by atoms with Gasteiger partial charge in [-0.15, -0.1) is 0 Å². The fourth-order valence-corrected chi connectivity index (χ4v) is 1.64. The van der Waals surface area contributed by atoms with Gasteiger partial charge in [0.1, 0.15) is 5.82 Å². The predicted molar refractivity (Wildman–Crippen MR) is 60.7 cm³/mol. The normalized spacial score (nSPS) is 13.0. The second-order valence-electron chi connectivity index (χ2n) is 3.73. The highest BCUT2D eigenvalue weighted by molar-refractivity contribution is 4.94. The van der Waals surface area contributed by atoms with Gasteiger partial charge >= 0.3 is 0 Å². The van der Waals surface area contributed by atoms with E-state index in [2.05, 4.69) is 16.5 Å². The van der Waals surface area contributed by atoms with Gasteiger partial charge in [0, 0.05) is 45.1 Å². The third kappa shape index (κ3) is 4.01. The van der Waals surface area contributed by atoms with E-state index < -0.39 is 0 Å². The van der Waals surface area contributed by atoms with E-state index in [1.165, 1.54) is 0 Å². The molecular formula is C11H21N3O. The van der Waals surface area contributed by atoms with Crippen LogP contribution < -0.4 is 5.73 Å². The summed E-state index contributed by atoms with van der Waals surface area (Å²) in [7, 11) is 1.72. The summed E-state index contributed by atoms with van der Waals surface area (Å²) in [4.78, 5) is 4.31. The molecule has 0 fully saturated rings. The van der Waals surface area contributed by atoms with E-state index in [-0.39, 0.29) is 6.04 Å². The standard InChI is InChI=1S/C11H21N3O/c1-3-14-7-6-13-11(14)9-10(12)5-4-8-15-2/h6-7,10H,3-5,8-9,12H2,1-2H3. The van der Waals surface area contributed by atoms with Crippen molar-refractivity contribution in [2.45, 2.75) is 38.8 Å². The van der Waals surface area contributed by atoms with Gasteiger partial charge < -0.3 is 15.0 Å². The van der Waals surface area contributed by atoms with Gasteiger partial charge in [0.15, 0.2) is 0 Å². The number of hydrogen-bond acceptors (Lipinski definition) is 3. The number of nitrogens with zero attached hydrogens (tertiary/aromatic N) is 2. The molecule has 0 saturated carbocycles. The van der Waals surface area contributed by atoms with Crippen LogP contribution in [0, 0.1) is 0 Å². The van der Waals surface area contributed by atoms with Crippen LogP contribution in [0.1, 0.15) is 25.6 Å². The zero-order valence-electron chi connectivity index (χ0n) is 9.65. The van der Waals surface area contributed by atoms with Crippen molar-refractivity contribution in [3.05, 3.63) is 18.2 Å². The monoisotopic (exact) mass is 211 g/mol. The molecule has 15 heavy (non-hydrogen) atoms. The Labute approximate surface area is 91.4 Å². The van der Waals surface area contributed by atoms with Crippen LogP contribution in [0.4, 0.5) is 0 Å². The molecule has 4 nitrogen and oxygen atoms in total. The molecular weight excluding hydrogens is 190 g/mol. The van der Waals surface area contributed by atoms with Gasteiger partial charge in [0.25, 0.3) is 0 Å². The fourth-order valence-electron chi connectivity index (χ4n) is 1.64. The minimum Gasteiger partial charge on any atom is -0.385 e. The van der Waals surface area contributed by atoms with Gasteiger partial charge in [-0.3, -0.25) is 0 Å². The van der Waals surface area contributed by atoms with E-state index in [1.807, 2.05) is 12.4 Å². The zero-order chi connectivity index (χ0) is 11.1. The second kappa shape index (κ2) is 6.58. The maximum Gasteiger partial charge on any atom is 0.110 e. The molecule has 0 spiro atoms. The van der Waals surface area contributed by atoms with E-state index >= 15 is 0 Å². The average molecular weight is 211 g/mol. The number of hydrogen-bond donors (Lipinski definition) is 1. The van der Waals surface area contributed by atoms with Crippen LogP contribution in [0.3, 0.4) is 0 Å². The summed E-state index contributed by atoms with van der Waals surface area (Å²) < 4.78 is 7.13. The molecule has 0 bridgehead atoms. The Bertz CT molecular complexity index is 273. The average Bonchev–Trinajstić information content (AvgIpc) is 2.65. The Hall–Kier alpha value is -0.870. The third-order valence-electron chi connectivity index (χ3n) is 2.51. The lowest BCUT2D eigenvalue weighted by molar-refractivity contribution is 0.190. The molecule has 0 aliphatic heterocycles. The summed E-state index contributed by atoms with van der Waals surface area (Å²) in [5.41, 5.74) is 6.02. The van der Waals surface area contributed by atoms with Crippen LogP contribution in [0.5, 0.6) is 0 Å². The van der Waals surface area contributed by atoms with Gasteiger partial charge in [0.05, 0.1) is 0 Å². The van der Waals surface area contributed by atoms with Crippen LogP contribution in [0.2, 0.25) is 0 Å².